The number of rotatable bonds is 9. The van der Waals surface area contributed by atoms with Crippen LogP contribution in [0.1, 0.15) is 55.9 Å². The summed E-state index contributed by atoms with van der Waals surface area (Å²) in [4.78, 5) is 17.0. The van der Waals surface area contributed by atoms with Crippen LogP contribution in [0.5, 0.6) is 0 Å². The van der Waals surface area contributed by atoms with Gasteiger partial charge in [-0.2, -0.15) is 0 Å². The number of nitrogens with one attached hydrogen (secondary N) is 2. The minimum atomic E-state index is -0.575. The fourth-order valence-corrected chi connectivity index (χ4v) is 5.95. The number of hydrazine groups is 1. The standard InChI is InChI=1S/C34H37ClF2N4OS/c1-22-18-25(9-15-32(22)37)23(2)30(34(4,5)27-10-12-28(36)13-11-27)20-38-24(3)43-21-26-8-14-29(19-31(26)35)39-33(42)40-41-16-6-7-17-41/h8-15,18-20H,2,6-7,16-17,21H2,1,3-5H3,(H2,39,40,42). The molecule has 3 aromatic carbocycles. The highest BCUT2D eigenvalue weighted by Gasteiger charge is 2.28. The van der Waals surface area contributed by atoms with Crippen LogP contribution in [0.3, 0.4) is 0 Å². The van der Waals surface area contributed by atoms with Crippen molar-refractivity contribution in [1.29, 1.82) is 0 Å². The first-order chi connectivity index (χ1) is 20.4. The average Bonchev–Trinajstić information content (AvgIpc) is 3.47. The quantitative estimate of drug-likeness (QED) is 0.142. The van der Waals surface area contributed by atoms with Crippen LogP contribution in [0.15, 0.2) is 84.0 Å². The van der Waals surface area contributed by atoms with E-state index in [1.54, 1.807) is 43.5 Å². The topological polar surface area (TPSA) is 56.7 Å². The number of urea groups is 1. The van der Waals surface area contributed by atoms with Crippen molar-refractivity contribution in [1.82, 2.24) is 10.4 Å². The third kappa shape index (κ3) is 8.56. The number of hydrogen-bond donors (Lipinski definition) is 2. The minimum absolute atomic E-state index is 0.280. The fraction of sp³-hybridized carbons (Fsp3) is 0.294. The second kappa shape index (κ2) is 14.3. The van der Waals surface area contributed by atoms with Gasteiger partial charge >= 0.3 is 6.03 Å². The van der Waals surface area contributed by atoms with Crippen LogP contribution in [0.25, 0.3) is 5.57 Å². The number of carbonyl (C=O) groups excluding carboxylic acids is 1. The number of nitrogens with zero attached hydrogens (tertiary/aromatic N) is 2. The maximum atomic E-state index is 14.0. The van der Waals surface area contributed by atoms with Crippen LogP contribution in [-0.2, 0) is 11.2 Å². The number of amides is 2. The highest BCUT2D eigenvalue weighted by molar-refractivity contribution is 8.13. The van der Waals surface area contributed by atoms with Gasteiger partial charge in [0, 0.05) is 41.2 Å². The molecule has 0 bridgehead atoms. The predicted molar refractivity (Wildman–Crippen MR) is 176 cm³/mol. The molecule has 0 saturated carbocycles. The number of allylic oxidation sites excluding steroid dienone is 2. The fourth-order valence-electron chi connectivity index (χ4n) is 4.88. The Morgan fingerprint density at radius 1 is 1.09 bits per heavy atom. The van der Waals surface area contributed by atoms with Gasteiger partial charge in [0.15, 0.2) is 0 Å². The van der Waals surface area contributed by atoms with Gasteiger partial charge in [-0.05, 0) is 96.5 Å². The van der Waals surface area contributed by atoms with Crippen molar-refractivity contribution in [2.75, 3.05) is 18.4 Å². The lowest BCUT2D eigenvalue weighted by molar-refractivity contribution is 0.209. The molecule has 1 fully saturated rings. The van der Waals surface area contributed by atoms with Gasteiger partial charge in [-0.3, -0.25) is 10.4 Å². The molecule has 43 heavy (non-hydrogen) atoms. The van der Waals surface area contributed by atoms with Gasteiger partial charge in [-0.1, -0.05) is 56.3 Å². The third-order valence-corrected chi connectivity index (χ3v) is 8.89. The molecule has 9 heteroatoms. The van der Waals surface area contributed by atoms with Crippen molar-refractivity contribution >= 4 is 45.7 Å². The molecule has 0 aromatic heterocycles. The van der Waals surface area contributed by atoms with Crippen molar-refractivity contribution in [3.63, 3.8) is 0 Å². The summed E-state index contributed by atoms with van der Waals surface area (Å²) in [6, 6.07) is 16.5. The summed E-state index contributed by atoms with van der Waals surface area (Å²) in [7, 11) is 0. The third-order valence-electron chi connectivity index (χ3n) is 7.56. The number of aryl methyl sites for hydroxylation is 1. The van der Waals surface area contributed by atoms with E-state index in [1.807, 2.05) is 37.9 Å². The Labute approximate surface area is 262 Å². The SMILES string of the molecule is C=C(C(=CN=C(C)SCc1ccc(NC(=O)NN2CCCC2)cc1Cl)C(C)(C)c1ccc(F)cc1)c1ccc(F)c(C)c1. The molecule has 0 atom stereocenters. The molecule has 226 valence electrons. The van der Waals surface area contributed by atoms with E-state index < -0.39 is 5.41 Å². The van der Waals surface area contributed by atoms with Crippen molar-refractivity contribution in [2.24, 2.45) is 4.99 Å². The Balaban J connectivity index is 1.50. The van der Waals surface area contributed by atoms with Crippen LogP contribution in [-0.4, -0.2) is 29.2 Å². The van der Waals surface area contributed by atoms with E-state index in [0.717, 1.165) is 53.2 Å². The van der Waals surface area contributed by atoms with Crippen LogP contribution in [0.4, 0.5) is 19.3 Å². The van der Waals surface area contributed by atoms with E-state index in [-0.39, 0.29) is 17.7 Å². The Morgan fingerprint density at radius 3 is 2.44 bits per heavy atom. The highest BCUT2D eigenvalue weighted by atomic mass is 35.5. The molecule has 1 aliphatic heterocycles. The first-order valence-corrected chi connectivity index (χ1v) is 15.5. The summed E-state index contributed by atoms with van der Waals surface area (Å²) in [6.07, 6.45) is 3.94. The molecule has 1 heterocycles. The summed E-state index contributed by atoms with van der Waals surface area (Å²) < 4.78 is 27.7. The molecule has 0 unspecified atom stereocenters. The molecule has 4 rings (SSSR count). The molecule has 2 amide bonds. The number of hydrogen-bond acceptors (Lipinski definition) is 4. The Kier molecular flexibility index (Phi) is 10.8. The van der Waals surface area contributed by atoms with E-state index in [1.165, 1.54) is 30.0 Å². The van der Waals surface area contributed by atoms with E-state index in [4.69, 9.17) is 16.6 Å². The molecule has 0 radical (unpaired) electrons. The largest absolute Gasteiger partial charge is 0.333 e. The molecule has 1 saturated heterocycles. The second-order valence-electron chi connectivity index (χ2n) is 11.1. The van der Waals surface area contributed by atoms with Gasteiger partial charge in [0.1, 0.15) is 11.6 Å². The van der Waals surface area contributed by atoms with Gasteiger partial charge in [0.25, 0.3) is 0 Å². The zero-order valence-corrected chi connectivity index (χ0v) is 26.5. The summed E-state index contributed by atoms with van der Waals surface area (Å²) in [5, 5.41) is 6.09. The summed E-state index contributed by atoms with van der Waals surface area (Å²) in [6.45, 7) is 13.8. The molecule has 1 aliphatic rings. The molecule has 5 nitrogen and oxygen atoms in total. The summed E-state index contributed by atoms with van der Waals surface area (Å²) in [5.74, 6) is -0.00838. The minimum Gasteiger partial charge on any atom is -0.307 e. The van der Waals surface area contributed by atoms with E-state index >= 15 is 0 Å². The number of carbonyl (C=O) groups is 1. The summed E-state index contributed by atoms with van der Waals surface area (Å²) >= 11 is 8.09. The number of benzene rings is 3. The predicted octanol–water partition coefficient (Wildman–Crippen LogP) is 9.29. The smallest absolute Gasteiger partial charge is 0.307 e. The van der Waals surface area contributed by atoms with Crippen LogP contribution < -0.4 is 10.7 Å². The number of anilines is 1. The normalized spacial score (nSPS) is 14.6. The maximum absolute atomic E-state index is 14.0. The second-order valence-corrected chi connectivity index (χ2v) is 12.7. The van der Waals surface area contributed by atoms with Gasteiger partial charge in [-0.15, -0.1) is 11.8 Å². The molecule has 2 N–H and O–H groups in total. The van der Waals surface area contributed by atoms with E-state index in [9.17, 15) is 13.6 Å². The van der Waals surface area contributed by atoms with Gasteiger partial charge in [0.2, 0.25) is 0 Å². The Morgan fingerprint density at radius 2 is 1.79 bits per heavy atom. The molecular weight excluding hydrogens is 586 g/mol. The van der Waals surface area contributed by atoms with Crippen LogP contribution >= 0.6 is 23.4 Å². The lowest BCUT2D eigenvalue weighted by Crippen LogP contribution is -2.42. The first-order valence-electron chi connectivity index (χ1n) is 14.1. The lowest BCUT2D eigenvalue weighted by atomic mass is 9.74. The summed E-state index contributed by atoms with van der Waals surface area (Å²) in [5.41, 5.74) is 7.54. The lowest BCUT2D eigenvalue weighted by Gasteiger charge is -2.30. The first kappa shape index (κ1) is 32.5. The van der Waals surface area contributed by atoms with Crippen molar-refractivity contribution in [3.8, 4) is 0 Å². The number of thioether (sulfide) groups is 1. The zero-order valence-electron chi connectivity index (χ0n) is 24.9. The Hall–Kier alpha value is -3.46. The van der Waals surface area contributed by atoms with Gasteiger partial charge in [0.05, 0.1) is 5.04 Å². The molecular formula is C34H37ClF2N4OS. The molecule has 0 aliphatic carbocycles. The Bertz CT molecular complexity index is 1550. The number of aliphatic imine (C=N–C) groups is 1. The molecule has 0 spiro atoms. The zero-order chi connectivity index (χ0) is 31.1. The highest BCUT2D eigenvalue weighted by Crippen LogP contribution is 2.39. The van der Waals surface area contributed by atoms with Crippen LogP contribution in [0, 0.1) is 18.6 Å². The van der Waals surface area contributed by atoms with Crippen molar-refractivity contribution in [2.45, 2.75) is 51.7 Å². The van der Waals surface area contributed by atoms with Crippen molar-refractivity contribution in [3.05, 3.63) is 118 Å². The van der Waals surface area contributed by atoms with E-state index in [0.29, 0.717) is 27.6 Å². The monoisotopic (exact) mass is 622 g/mol. The molecule has 3 aromatic rings. The van der Waals surface area contributed by atoms with Crippen molar-refractivity contribution < 1.29 is 13.6 Å². The number of halogens is 3. The van der Waals surface area contributed by atoms with Gasteiger partial charge in [-0.25, -0.2) is 18.6 Å². The van der Waals surface area contributed by atoms with E-state index in [2.05, 4.69) is 17.3 Å². The van der Waals surface area contributed by atoms with Crippen LogP contribution in [0.2, 0.25) is 5.02 Å². The van der Waals surface area contributed by atoms with Gasteiger partial charge < -0.3 is 5.32 Å². The average molecular weight is 623 g/mol. The maximum Gasteiger partial charge on any atom is 0.333 e.